The lowest BCUT2D eigenvalue weighted by molar-refractivity contribution is 0.590. The van der Waals surface area contributed by atoms with Gasteiger partial charge in [-0.2, -0.15) is 0 Å². The van der Waals surface area contributed by atoms with Gasteiger partial charge in [0.15, 0.2) is 0 Å². The second-order valence-electron chi connectivity index (χ2n) is 3.64. The number of rotatable bonds is 6. The summed E-state index contributed by atoms with van der Waals surface area (Å²) in [6, 6.07) is 8.81. The predicted octanol–water partition coefficient (Wildman–Crippen LogP) is 4.06. The van der Waals surface area contributed by atoms with Crippen LogP contribution in [0.4, 0.5) is 0 Å². The number of hydrogen-bond acceptors (Lipinski definition) is 2. The van der Waals surface area contributed by atoms with Crippen molar-refractivity contribution in [3.05, 3.63) is 28.7 Å². The van der Waals surface area contributed by atoms with Crippen molar-refractivity contribution in [3.63, 3.8) is 0 Å². The van der Waals surface area contributed by atoms with Crippen molar-refractivity contribution in [2.45, 2.75) is 37.1 Å². The highest BCUT2D eigenvalue weighted by Crippen LogP contribution is 2.21. The minimum atomic E-state index is 0.373. The van der Waals surface area contributed by atoms with Crippen LogP contribution in [-0.2, 0) is 0 Å². The van der Waals surface area contributed by atoms with Crippen LogP contribution in [0, 0.1) is 0 Å². The molecular formula is C12H18BrNS. The van der Waals surface area contributed by atoms with Gasteiger partial charge in [-0.3, -0.25) is 0 Å². The number of nitrogens with two attached hydrogens (primary N) is 1. The van der Waals surface area contributed by atoms with Crippen LogP contribution in [0.5, 0.6) is 0 Å². The monoisotopic (exact) mass is 287 g/mol. The Morgan fingerprint density at radius 2 is 1.93 bits per heavy atom. The number of thioether (sulfide) groups is 1. The molecular weight excluding hydrogens is 270 g/mol. The van der Waals surface area contributed by atoms with Gasteiger partial charge in [-0.25, -0.2) is 0 Å². The fourth-order valence-electron chi connectivity index (χ4n) is 1.37. The summed E-state index contributed by atoms with van der Waals surface area (Å²) in [4.78, 5) is 1.32. The van der Waals surface area contributed by atoms with Gasteiger partial charge in [0.2, 0.25) is 0 Å². The zero-order valence-corrected chi connectivity index (χ0v) is 11.5. The van der Waals surface area contributed by atoms with Crippen molar-refractivity contribution < 1.29 is 0 Å². The van der Waals surface area contributed by atoms with E-state index in [2.05, 4.69) is 47.1 Å². The summed E-state index contributed by atoms with van der Waals surface area (Å²) in [5, 5.41) is 0. The maximum Gasteiger partial charge on any atom is 0.0176 e. The Labute approximate surface area is 105 Å². The van der Waals surface area contributed by atoms with Gasteiger partial charge in [0, 0.05) is 15.4 Å². The molecule has 1 unspecified atom stereocenters. The first-order valence-electron chi connectivity index (χ1n) is 5.36. The van der Waals surface area contributed by atoms with Crippen LogP contribution in [0.25, 0.3) is 0 Å². The summed E-state index contributed by atoms with van der Waals surface area (Å²) < 4.78 is 1.13. The van der Waals surface area contributed by atoms with E-state index in [4.69, 9.17) is 5.73 Å². The van der Waals surface area contributed by atoms with Crippen LogP contribution in [0.15, 0.2) is 33.6 Å². The Kier molecular flexibility index (Phi) is 6.37. The summed E-state index contributed by atoms with van der Waals surface area (Å²) in [5.41, 5.74) is 5.95. The van der Waals surface area contributed by atoms with Gasteiger partial charge in [-0.15, -0.1) is 11.8 Å². The fraction of sp³-hybridized carbons (Fsp3) is 0.500. The van der Waals surface area contributed by atoms with E-state index in [1.165, 1.54) is 11.3 Å². The van der Waals surface area contributed by atoms with E-state index in [1.807, 2.05) is 11.8 Å². The summed E-state index contributed by atoms with van der Waals surface area (Å²) in [6.07, 6.45) is 3.43. The van der Waals surface area contributed by atoms with Gasteiger partial charge in [0.05, 0.1) is 0 Å². The third-order valence-electron chi connectivity index (χ3n) is 2.23. The molecule has 0 aliphatic carbocycles. The van der Waals surface area contributed by atoms with Crippen LogP contribution in [0.1, 0.15) is 26.2 Å². The van der Waals surface area contributed by atoms with Crippen LogP contribution in [0.3, 0.4) is 0 Å². The molecule has 0 fully saturated rings. The largest absolute Gasteiger partial charge is 0.328 e. The van der Waals surface area contributed by atoms with Gasteiger partial charge >= 0.3 is 0 Å². The van der Waals surface area contributed by atoms with Crippen molar-refractivity contribution in [1.82, 2.24) is 0 Å². The number of benzene rings is 1. The molecule has 0 spiro atoms. The molecule has 84 valence electrons. The normalized spacial score (nSPS) is 12.7. The molecule has 3 heteroatoms. The molecule has 0 saturated heterocycles. The topological polar surface area (TPSA) is 26.0 Å². The second-order valence-corrected chi connectivity index (χ2v) is 5.72. The quantitative estimate of drug-likeness (QED) is 0.799. The Balaban J connectivity index is 2.22. The maximum absolute atomic E-state index is 5.95. The summed E-state index contributed by atoms with van der Waals surface area (Å²) in [6.45, 7) is 2.18. The number of halogens is 1. The van der Waals surface area contributed by atoms with Crippen molar-refractivity contribution >= 4 is 27.7 Å². The zero-order chi connectivity index (χ0) is 11.1. The van der Waals surface area contributed by atoms with Gasteiger partial charge < -0.3 is 5.73 Å². The molecule has 1 aromatic carbocycles. The van der Waals surface area contributed by atoms with E-state index in [9.17, 15) is 0 Å². The fourth-order valence-corrected chi connectivity index (χ4v) is 2.62. The molecule has 0 radical (unpaired) electrons. The highest BCUT2D eigenvalue weighted by atomic mass is 79.9. The zero-order valence-electron chi connectivity index (χ0n) is 9.08. The molecule has 1 rings (SSSR count). The molecule has 0 saturated carbocycles. The molecule has 1 nitrogen and oxygen atoms in total. The molecule has 1 atom stereocenters. The van der Waals surface area contributed by atoms with Crippen molar-refractivity contribution in [3.8, 4) is 0 Å². The molecule has 0 aliphatic rings. The molecule has 0 heterocycles. The first-order valence-corrected chi connectivity index (χ1v) is 7.14. The maximum atomic E-state index is 5.95. The van der Waals surface area contributed by atoms with Gasteiger partial charge in [-0.05, 0) is 42.9 Å². The minimum Gasteiger partial charge on any atom is -0.328 e. The predicted molar refractivity (Wildman–Crippen MR) is 72.4 cm³/mol. The Hall–Kier alpha value is 0.01000. The minimum absolute atomic E-state index is 0.373. The average molecular weight is 288 g/mol. The van der Waals surface area contributed by atoms with Crippen LogP contribution in [-0.4, -0.2) is 11.8 Å². The molecule has 1 aromatic rings. The Morgan fingerprint density at radius 3 is 2.53 bits per heavy atom. The van der Waals surface area contributed by atoms with Crippen LogP contribution >= 0.6 is 27.7 Å². The smallest absolute Gasteiger partial charge is 0.0176 e. The van der Waals surface area contributed by atoms with E-state index in [0.717, 1.165) is 23.1 Å². The lowest BCUT2D eigenvalue weighted by Crippen LogP contribution is -2.19. The lowest BCUT2D eigenvalue weighted by Gasteiger charge is -2.09. The number of hydrogen-bond donors (Lipinski definition) is 1. The first-order chi connectivity index (χ1) is 7.22. The van der Waals surface area contributed by atoms with E-state index in [0.29, 0.717) is 6.04 Å². The van der Waals surface area contributed by atoms with Crippen LogP contribution in [0.2, 0.25) is 0 Å². The third-order valence-corrected chi connectivity index (χ3v) is 3.80. The molecule has 0 bridgehead atoms. The Bertz CT molecular complexity index is 273. The average Bonchev–Trinajstić information content (AvgIpc) is 2.21. The van der Waals surface area contributed by atoms with Crippen LogP contribution < -0.4 is 5.73 Å². The van der Waals surface area contributed by atoms with Gasteiger partial charge in [0.25, 0.3) is 0 Å². The van der Waals surface area contributed by atoms with Crippen molar-refractivity contribution in [2.75, 3.05) is 5.75 Å². The first kappa shape index (κ1) is 13.1. The van der Waals surface area contributed by atoms with E-state index < -0.39 is 0 Å². The second kappa shape index (κ2) is 7.31. The Morgan fingerprint density at radius 1 is 1.27 bits per heavy atom. The van der Waals surface area contributed by atoms with Crippen molar-refractivity contribution in [1.29, 1.82) is 0 Å². The highest BCUT2D eigenvalue weighted by Gasteiger charge is 2.01. The molecule has 15 heavy (non-hydrogen) atoms. The summed E-state index contributed by atoms with van der Waals surface area (Å²) in [7, 11) is 0. The highest BCUT2D eigenvalue weighted by molar-refractivity contribution is 9.10. The third kappa shape index (κ3) is 5.59. The summed E-state index contributed by atoms with van der Waals surface area (Å²) in [5.74, 6) is 1.11. The SMILES string of the molecule is CCCC(N)CCSc1ccc(Br)cc1. The summed E-state index contributed by atoms with van der Waals surface area (Å²) >= 11 is 5.31. The molecule has 2 N–H and O–H groups in total. The van der Waals surface area contributed by atoms with Gasteiger partial charge in [0.1, 0.15) is 0 Å². The standard InChI is InChI=1S/C12H18BrNS/c1-2-3-11(14)8-9-15-12-6-4-10(13)5-7-12/h4-7,11H,2-3,8-9,14H2,1H3. The van der Waals surface area contributed by atoms with E-state index in [-0.39, 0.29) is 0 Å². The van der Waals surface area contributed by atoms with E-state index >= 15 is 0 Å². The molecule has 0 aromatic heterocycles. The van der Waals surface area contributed by atoms with Crippen molar-refractivity contribution in [2.24, 2.45) is 5.73 Å². The lowest BCUT2D eigenvalue weighted by atomic mass is 10.1. The molecule has 0 amide bonds. The van der Waals surface area contributed by atoms with Gasteiger partial charge in [-0.1, -0.05) is 29.3 Å². The van der Waals surface area contributed by atoms with E-state index in [1.54, 1.807) is 0 Å². The molecule has 0 aliphatic heterocycles.